The molecule has 0 unspecified atom stereocenters. The van der Waals surface area contributed by atoms with Gasteiger partial charge in [-0.05, 0) is 43.0 Å². The molecule has 15 heavy (non-hydrogen) atoms. The normalized spacial score (nSPS) is 10.5. The third-order valence-electron chi connectivity index (χ3n) is 2.45. The summed E-state index contributed by atoms with van der Waals surface area (Å²) >= 11 is 0. The average molecular weight is 206 g/mol. The Morgan fingerprint density at radius 3 is 2.53 bits per heavy atom. The molecule has 0 saturated carbocycles. The molecule has 1 rings (SSSR count). The molecule has 0 atom stereocenters. The Kier molecular flexibility index (Phi) is 3.89. The molecule has 2 nitrogen and oxygen atoms in total. The molecule has 0 aliphatic rings. The van der Waals surface area contributed by atoms with Crippen molar-refractivity contribution in [3.8, 4) is 5.75 Å². The summed E-state index contributed by atoms with van der Waals surface area (Å²) in [5.74, 6) is 1.27. The van der Waals surface area contributed by atoms with Crippen LogP contribution in [0.25, 0.3) is 0 Å². The highest BCUT2D eigenvalue weighted by Gasteiger charge is 2.10. The van der Waals surface area contributed by atoms with E-state index < -0.39 is 0 Å². The lowest BCUT2D eigenvalue weighted by Gasteiger charge is -2.15. The highest BCUT2D eigenvalue weighted by atomic mass is 16.5. The zero-order chi connectivity index (χ0) is 11.4. The Hall–Kier alpha value is -1.31. The molecule has 0 amide bonds. The van der Waals surface area contributed by atoms with E-state index in [0.717, 1.165) is 28.7 Å². The number of rotatable bonds is 4. The van der Waals surface area contributed by atoms with E-state index in [1.807, 2.05) is 26.0 Å². The van der Waals surface area contributed by atoms with Crippen LogP contribution in [0.4, 0.5) is 0 Å². The second-order valence-electron chi connectivity index (χ2n) is 3.95. The Balaban J connectivity index is 3.25. The van der Waals surface area contributed by atoms with Gasteiger partial charge >= 0.3 is 0 Å². The quantitative estimate of drug-likeness (QED) is 0.706. The average Bonchev–Trinajstić information content (AvgIpc) is 2.18. The number of hydrogen-bond donors (Lipinski definition) is 0. The third kappa shape index (κ3) is 2.58. The van der Waals surface area contributed by atoms with E-state index in [9.17, 15) is 4.79 Å². The van der Waals surface area contributed by atoms with Crippen LogP contribution in [0.15, 0.2) is 12.1 Å². The highest BCUT2D eigenvalue weighted by molar-refractivity contribution is 5.78. The summed E-state index contributed by atoms with van der Waals surface area (Å²) < 4.78 is 5.56. The molecular weight excluding hydrogens is 188 g/mol. The van der Waals surface area contributed by atoms with E-state index in [1.165, 1.54) is 0 Å². The minimum atomic E-state index is 0.367. The summed E-state index contributed by atoms with van der Waals surface area (Å²) in [5.41, 5.74) is 2.82. The summed E-state index contributed by atoms with van der Waals surface area (Å²) in [6.45, 7) is 8.74. The molecule has 0 aromatic heterocycles. The van der Waals surface area contributed by atoms with Crippen LogP contribution in [0.5, 0.6) is 5.75 Å². The van der Waals surface area contributed by atoms with Gasteiger partial charge in [0.25, 0.3) is 0 Å². The molecule has 0 heterocycles. The molecule has 0 bridgehead atoms. The van der Waals surface area contributed by atoms with E-state index in [2.05, 4.69) is 13.8 Å². The predicted octanol–water partition coefficient (Wildman–Crippen LogP) is 3.33. The Morgan fingerprint density at radius 1 is 1.40 bits per heavy atom. The van der Waals surface area contributed by atoms with Crippen molar-refractivity contribution in [3.05, 3.63) is 28.8 Å². The van der Waals surface area contributed by atoms with Crippen LogP contribution in [-0.4, -0.2) is 12.9 Å². The largest absolute Gasteiger partial charge is 0.494 e. The summed E-state index contributed by atoms with van der Waals surface area (Å²) in [6.07, 6.45) is 0.900. The van der Waals surface area contributed by atoms with Crippen LogP contribution >= 0.6 is 0 Å². The first kappa shape index (κ1) is 11.8. The van der Waals surface area contributed by atoms with Crippen LogP contribution in [-0.2, 0) is 0 Å². The van der Waals surface area contributed by atoms with Crippen molar-refractivity contribution in [2.24, 2.45) is 0 Å². The summed E-state index contributed by atoms with van der Waals surface area (Å²) in [4.78, 5) is 10.8. The standard InChI is InChI=1S/C13H18O2/c1-5-15-13-6-10(4)11(8-14)7-12(13)9(2)3/h6-9H,5H2,1-4H3. The lowest BCUT2D eigenvalue weighted by molar-refractivity contribution is 0.112. The van der Waals surface area contributed by atoms with Crippen LogP contribution < -0.4 is 4.74 Å². The molecule has 0 fully saturated rings. The lowest BCUT2D eigenvalue weighted by atomic mass is 9.97. The number of hydrogen-bond acceptors (Lipinski definition) is 2. The highest BCUT2D eigenvalue weighted by Crippen LogP contribution is 2.29. The first-order valence-electron chi connectivity index (χ1n) is 5.32. The molecule has 2 heteroatoms. The van der Waals surface area contributed by atoms with Gasteiger partial charge in [0.15, 0.2) is 0 Å². The van der Waals surface area contributed by atoms with Crippen molar-refractivity contribution in [1.82, 2.24) is 0 Å². The molecule has 0 saturated heterocycles. The Labute approximate surface area is 91.3 Å². The van der Waals surface area contributed by atoms with Gasteiger partial charge in [0.05, 0.1) is 6.61 Å². The minimum absolute atomic E-state index is 0.367. The monoisotopic (exact) mass is 206 g/mol. The van der Waals surface area contributed by atoms with E-state index in [0.29, 0.717) is 12.5 Å². The number of carbonyl (C=O) groups is 1. The number of aldehydes is 1. The van der Waals surface area contributed by atoms with Crippen molar-refractivity contribution in [3.63, 3.8) is 0 Å². The third-order valence-corrected chi connectivity index (χ3v) is 2.45. The summed E-state index contributed by atoms with van der Waals surface area (Å²) in [7, 11) is 0. The topological polar surface area (TPSA) is 26.3 Å². The van der Waals surface area contributed by atoms with Gasteiger partial charge in [0.1, 0.15) is 12.0 Å². The molecule has 0 spiro atoms. The summed E-state index contributed by atoms with van der Waals surface area (Å²) in [6, 6.07) is 3.88. The van der Waals surface area contributed by atoms with Gasteiger partial charge in [-0.15, -0.1) is 0 Å². The zero-order valence-electron chi connectivity index (χ0n) is 9.83. The van der Waals surface area contributed by atoms with Gasteiger partial charge < -0.3 is 4.74 Å². The van der Waals surface area contributed by atoms with Gasteiger partial charge in [-0.25, -0.2) is 0 Å². The second-order valence-corrected chi connectivity index (χ2v) is 3.95. The van der Waals surface area contributed by atoms with Crippen LogP contribution in [0.1, 0.15) is 48.2 Å². The van der Waals surface area contributed by atoms with Gasteiger partial charge in [-0.1, -0.05) is 13.8 Å². The van der Waals surface area contributed by atoms with Crippen LogP contribution in [0, 0.1) is 6.92 Å². The smallest absolute Gasteiger partial charge is 0.150 e. The van der Waals surface area contributed by atoms with Gasteiger partial charge in [0, 0.05) is 5.56 Å². The van der Waals surface area contributed by atoms with Crippen molar-refractivity contribution in [1.29, 1.82) is 0 Å². The van der Waals surface area contributed by atoms with Gasteiger partial charge in [0.2, 0.25) is 0 Å². The van der Waals surface area contributed by atoms with Crippen molar-refractivity contribution in [2.75, 3.05) is 6.61 Å². The Bertz CT molecular complexity index is 354. The van der Waals surface area contributed by atoms with Crippen molar-refractivity contribution >= 4 is 6.29 Å². The van der Waals surface area contributed by atoms with E-state index in [4.69, 9.17) is 4.74 Å². The number of ether oxygens (including phenoxy) is 1. The lowest BCUT2D eigenvalue weighted by Crippen LogP contribution is -2.01. The van der Waals surface area contributed by atoms with E-state index in [1.54, 1.807) is 0 Å². The number of benzene rings is 1. The van der Waals surface area contributed by atoms with Crippen LogP contribution in [0.3, 0.4) is 0 Å². The van der Waals surface area contributed by atoms with E-state index >= 15 is 0 Å². The maximum atomic E-state index is 10.8. The fourth-order valence-electron chi connectivity index (χ4n) is 1.57. The molecule has 1 aromatic carbocycles. The molecule has 0 N–H and O–H groups in total. The molecule has 0 radical (unpaired) electrons. The molecule has 1 aromatic rings. The SMILES string of the molecule is CCOc1cc(C)c(C=O)cc1C(C)C. The van der Waals surface area contributed by atoms with Crippen LogP contribution in [0.2, 0.25) is 0 Å². The van der Waals surface area contributed by atoms with Gasteiger partial charge in [-0.3, -0.25) is 4.79 Å². The molecule has 82 valence electrons. The molecule has 0 aliphatic carbocycles. The van der Waals surface area contributed by atoms with Crippen molar-refractivity contribution < 1.29 is 9.53 Å². The second kappa shape index (κ2) is 4.96. The minimum Gasteiger partial charge on any atom is -0.494 e. The first-order chi connectivity index (χ1) is 7.10. The first-order valence-corrected chi connectivity index (χ1v) is 5.32. The Morgan fingerprint density at radius 2 is 2.07 bits per heavy atom. The molecular formula is C13H18O2. The maximum absolute atomic E-state index is 10.8. The maximum Gasteiger partial charge on any atom is 0.150 e. The number of carbonyl (C=O) groups excluding carboxylic acids is 1. The van der Waals surface area contributed by atoms with Crippen molar-refractivity contribution in [2.45, 2.75) is 33.6 Å². The summed E-state index contributed by atoms with van der Waals surface area (Å²) in [5, 5.41) is 0. The van der Waals surface area contributed by atoms with E-state index in [-0.39, 0.29) is 0 Å². The predicted molar refractivity (Wildman–Crippen MR) is 61.8 cm³/mol. The fraction of sp³-hybridized carbons (Fsp3) is 0.462. The molecule has 0 aliphatic heterocycles. The van der Waals surface area contributed by atoms with Gasteiger partial charge in [-0.2, -0.15) is 0 Å². The zero-order valence-corrected chi connectivity index (χ0v) is 9.83. The fourth-order valence-corrected chi connectivity index (χ4v) is 1.57. The number of aryl methyl sites for hydroxylation is 1.